The van der Waals surface area contributed by atoms with Gasteiger partial charge in [0.1, 0.15) is 11.6 Å². The Hall–Kier alpha value is -2.10. The minimum Gasteiger partial charge on any atom is -0.439 e. The van der Waals surface area contributed by atoms with E-state index in [1.807, 2.05) is 45.9 Å². The predicted molar refractivity (Wildman–Crippen MR) is 74.9 cm³/mol. The second kappa shape index (κ2) is 5.26. The van der Waals surface area contributed by atoms with Gasteiger partial charge in [-0.2, -0.15) is 4.98 Å². The standard InChI is InChI=1S/C15H18N2O2/c1-9(2)15-16-13(18)8-14(17-15)19-12-6-5-10(3)11(4)7-12/h5-9H,1-4H3,(H,16,17,18). The Balaban J connectivity index is 2.32. The molecule has 1 N–H and O–H groups in total. The Morgan fingerprint density at radius 3 is 2.53 bits per heavy atom. The third-order valence-corrected chi connectivity index (χ3v) is 2.98. The molecule has 0 aliphatic rings. The van der Waals surface area contributed by atoms with Crippen LogP contribution < -0.4 is 10.3 Å². The summed E-state index contributed by atoms with van der Waals surface area (Å²) in [7, 11) is 0. The molecule has 19 heavy (non-hydrogen) atoms. The maximum absolute atomic E-state index is 11.6. The van der Waals surface area contributed by atoms with Crippen molar-refractivity contribution >= 4 is 0 Å². The van der Waals surface area contributed by atoms with E-state index in [4.69, 9.17) is 4.74 Å². The lowest BCUT2D eigenvalue weighted by Crippen LogP contribution is -2.11. The summed E-state index contributed by atoms with van der Waals surface area (Å²) in [6.07, 6.45) is 0. The predicted octanol–water partition coefficient (Wildman–Crippen LogP) is 3.30. The monoisotopic (exact) mass is 258 g/mol. The summed E-state index contributed by atoms with van der Waals surface area (Å²) in [4.78, 5) is 18.6. The third-order valence-electron chi connectivity index (χ3n) is 2.98. The largest absolute Gasteiger partial charge is 0.439 e. The molecule has 1 aromatic carbocycles. The van der Waals surface area contributed by atoms with Gasteiger partial charge in [0.2, 0.25) is 5.88 Å². The molecule has 4 heteroatoms. The third kappa shape index (κ3) is 3.22. The van der Waals surface area contributed by atoms with Crippen LogP contribution in [-0.4, -0.2) is 9.97 Å². The number of rotatable bonds is 3. The summed E-state index contributed by atoms with van der Waals surface area (Å²) < 4.78 is 5.65. The number of aromatic amines is 1. The normalized spacial score (nSPS) is 10.8. The summed E-state index contributed by atoms with van der Waals surface area (Å²) in [6.45, 7) is 8.00. The Morgan fingerprint density at radius 2 is 1.89 bits per heavy atom. The zero-order chi connectivity index (χ0) is 14.0. The number of aromatic nitrogens is 2. The number of nitrogens with one attached hydrogen (secondary N) is 1. The fraction of sp³-hybridized carbons (Fsp3) is 0.333. The Morgan fingerprint density at radius 1 is 1.16 bits per heavy atom. The number of aryl methyl sites for hydroxylation is 2. The molecule has 4 nitrogen and oxygen atoms in total. The SMILES string of the molecule is Cc1ccc(Oc2cc(=O)[nH]c(C(C)C)n2)cc1C. The summed E-state index contributed by atoms with van der Waals surface area (Å²) >= 11 is 0. The maximum Gasteiger partial charge on any atom is 0.254 e. The highest BCUT2D eigenvalue weighted by atomic mass is 16.5. The minimum absolute atomic E-state index is 0.149. The van der Waals surface area contributed by atoms with Crippen molar-refractivity contribution < 1.29 is 4.74 Å². The highest BCUT2D eigenvalue weighted by Crippen LogP contribution is 2.22. The molecule has 2 aromatic rings. The van der Waals surface area contributed by atoms with Gasteiger partial charge in [0.05, 0.1) is 6.07 Å². The van der Waals surface area contributed by atoms with E-state index in [-0.39, 0.29) is 11.5 Å². The molecule has 1 aromatic heterocycles. The molecular weight excluding hydrogens is 240 g/mol. The zero-order valence-corrected chi connectivity index (χ0v) is 11.7. The molecule has 0 saturated carbocycles. The van der Waals surface area contributed by atoms with E-state index in [1.165, 1.54) is 11.6 Å². The van der Waals surface area contributed by atoms with E-state index >= 15 is 0 Å². The molecule has 0 amide bonds. The molecule has 0 radical (unpaired) electrons. The lowest BCUT2D eigenvalue weighted by Gasteiger charge is -2.09. The molecule has 2 rings (SSSR count). The minimum atomic E-state index is -0.197. The topological polar surface area (TPSA) is 55.0 Å². The first-order chi connectivity index (χ1) is 8.95. The van der Waals surface area contributed by atoms with E-state index in [9.17, 15) is 4.79 Å². The number of ether oxygens (including phenoxy) is 1. The zero-order valence-electron chi connectivity index (χ0n) is 11.7. The quantitative estimate of drug-likeness (QED) is 0.919. The van der Waals surface area contributed by atoms with Gasteiger partial charge < -0.3 is 9.72 Å². The molecule has 0 aliphatic carbocycles. The van der Waals surface area contributed by atoms with Crippen LogP contribution in [0.4, 0.5) is 0 Å². The van der Waals surface area contributed by atoms with Gasteiger partial charge in [-0.3, -0.25) is 4.79 Å². The van der Waals surface area contributed by atoms with Crippen molar-refractivity contribution in [2.24, 2.45) is 0 Å². The van der Waals surface area contributed by atoms with E-state index in [2.05, 4.69) is 9.97 Å². The summed E-state index contributed by atoms with van der Waals surface area (Å²) in [5.74, 6) is 1.80. The molecular formula is C15H18N2O2. The maximum atomic E-state index is 11.6. The lowest BCUT2D eigenvalue weighted by molar-refractivity contribution is 0.455. The Labute approximate surface area is 112 Å². The molecule has 0 fully saturated rings. The van der Waals surface area contributed by atoms with Gasteiger partial charge in [0.25, 0.3) is 5.56 Å². The van der Waals surface area contributed by atoms with Crippen molar-refractivity contribution in [3.05, 3.63) is 51.6 Å². The highest BCUT2D eigenvalue weighted by Gasteiger charge is 2.07. The summed E-state index contributed by atoms with van der Waals surface area (Å²) in [5, 5.41) is 0. The van der Waals surface area contributed by atoms with Crippen molar-refractivity contribution in [3.8, 4) is 11.6 Å². The van der Waals surface area contributed by atoms with Crippen LogP contribution in [0.25, 0.3) is 0 Å². The van der Waals surface area contributed by atoms with Crippen LogP contribution in [0.1, 0.15) is 36.7 Å². The van der Waals surface area contributed by atoms with Crippen LogP contribution in [0.2, 0.25) is 0 Å². The van der Waals surface area contributed by atoms with Crippen molar-refractivity contribution in [3.63, 3.8) is 0 Å². The molecule has 0 saturated heterocycles. The lowest BCUT2D eigenvalue weighted by atomic mass is 10.1. The van der Waals surface area contributed by atoms with Crippen LogP contribution in [0.5, 0.6) is 11.6 Å². The highest BCUT2D eigenvalue weighted by molar-refractivity contribution is 5.35. The van der Waals surface area contributed by atoms with Gasteiger partial charge in [-0.25, -0.2) is 0 Å². The number of nitrogens with zero attached hydrogens (tertiary/aromatic N) is 1. The molecule has 0 atom stereocenters. The van der Waals surface area contributed by atoms with Gasteiger partial charge in [-0.1, -0.05) is 19.9 Å². The molecule has 100 valence electrons. The summed E-state index contributed by atoms with van der Waals surface area (Å²) in [5.41, 5.74) is 2.15. The van der Waals surface area contributed by atoms with E-state index in [0.29, 0.717) is 17.5 Å². The van der Waals surface area contributed by atoms with E-state index in [1.54, 1.807) is 0 Å². The molecule has 0 bridgehead atoms. The Bertz CT molecular complexity index is 645. The second-order valence-corrected chi connectivity index (χ2v) is 4.97. The van der Waals surface area contributed by atoms with Crippen LogP contribution in [0.3, 0.4) is 0 Å². The first-order valence-electron chi connectivity index (χ1n) is 6.32. The van der Waals surface area contributed by atoms with Crippen molar-refractivity contribution in [1.29, 1.82) is 0 Å². The number of H-pyrrole nitrogens is 1. The van der Waals surface area contributed by atoms with Crippen LogP contribution >= 0.6 is 0 Å². The number of hydrogen-bond acceptors (Lipinski definition) is 3. The fourth-order valence-electron chi connectivity index (χ4n) is 1.68. The van der Waals surface area contributed by atoms with E-state index < -0.39 is 0 Å². The molecule has 1 heterocycles. The second-order valence-electron chi connectivity index (χ2n) is 4.97. The van der Waals surface area contributed by atoms with Crippen LogP contribution in [0, 0.1) is 13.8 Å². The average Bonchev–Trinajstić information content (AvgIpc) is 2.33. The van der Waals surface area contributed by atoms with Crippen LogP contribution in [-0.2, 0) is 0 Å². The Kier molecular flexibility index (Phi) is 3.69. The van der Waals surface area contributed by atoms with Crippen molar-refractivity contribution in [2.45, 2.75) is 33.6 Å². The fourth-order valence-corrected chi connectivity index (χ4v) is 1.68. The van der Waals surface area contributed by atoms with E-state index in [0.717, 1.165) is 5.56 Å². The van der Waals surface area contributed by atoms with Gasteiger partial charge >= 0.3 is 0 Å². The van der Waals surface area contributed by atoms with Crippen molar-refractivity contribution in [2.75, 3.05) is 0 Å². The van der Waals surface area contributed by atoms with Gasteiger partial charge in [0, 0.05) is 5.92 Å². The first-order valence-corrected chi connectivity index (χ1v) is 6.32. The van der Waals surface area contributed by atoms with Crippen LogP contribution in [0.15, 0.2) is 29.1 Å². The van der Waals surface area contributed by atoms with Gasteiger partial charge in [-0.05, 0) is 37.1 Å². The van der Waals surface area contributed by atoms with Gasteiger partial charge in [-0.15, -0.1) is 0 Å². The summed E-state index contributed by atoms with van der Waals surface area (Å²) in [6, 6.07) is 7.16. The smallest absolute Gasteiger partial charge is 0.254 e. The molecule has 0 unspecified atom stereocenters. The average molecular weight is 258 g/mol. The molecule has 0 spiro atoms. The molecule has 0 aliphatic heterocycles. The van der Waals surface area contributed by atoms with Crippen molar-refractivity contribution in [1.82, 2.24) is 9.97 Å². The number of hydrogen-bond donors (Lipinski definition) is 1. The number of benzene rings is 1. The van der Waals surface area contributed by atoms with Gasteiger partial charge in [0.15, 0.2) is 0 Å². The first kappa shape index (κ1) is 13.3.